The summed E-state index contributed by atoms with van der Waals surface area (Å²) in [5.74, 6) is 1.90. The molecular weight excluding hydrogens is 246 g/mol. The summed E-state index contributed by atoms with van der Waals surface area (Å²) in [6, 6.07) is 0. The maximum atomic E-state index is 5.73. The fourth-order valence-electron chi connectivity index (χ4n) is 2.31. The topological polar surface area (TPSA) is 114 Å². The van der Waals surface area contributed by atoms with Gasteiger partial charge in [0.2, 0.25) is 5.95 Å². The quantitative estimate of drug-likeness (QED) is 0.606. The molecule has 0 saturated heterocycles. The van der Waals surface area contributed by atoms with Gasteiger partial charge in [0.25, 0.3) is 0 Å². The molecule has 0 radical (unpaired) electrons. The lowest BCUT2D eigenvalue weighted by Gasteiger charge is -2.28. The Balaban J connectivity index is 1.81. The Morgan fingerprint density at radius 1 is 1.26 bits per heavy atom. The van der Waals surface area contributed by atoms with Gasteiger partial charge in [0.1, 0.15) is 11.8 Å². The van der Waals surface area contributed by atoms with Gasteiger partial charge < -0.3 is 20.2 Å². The van der Waals surface area contributed by atoms with E-state index in [1.165, 1.54) is 0 Å². The maximum absolute atomic E-state index is 5.73. The molecular formula is C10H11N9. The van der Waals surface area contributed by atoms with E-state index in [4.69, 9.17) is 5.73 Å². The lowest BCUT2D eigenvalue weighted by Crippen LogP contribution is -2.34. The molecule has 1 aliphatic rings. The van der Waals surface area contributed by atoms with Crippen molar-refractivity contribution >= 4 is 22.9 Å². The van der Waals surface area contributed by atoms with Crippen molar-refractivity contribution in [1.29, 1.82) is 0 Å². The predicted octanol–water partition coefficient (Wildman–Crippen LogP) is -0.453. The molecule has 19 heavy (non-hydrogen) atoms. The van der Waals surface area contributed by atoms with E-state index in [0.717, 1.165) is 30.2 Å². The summed E-state index contributed by atoms with van der Waals surface area (Å²) in [5.41, 5.74) is 7.10. The van der Waals surface area contributed by atoms with Crippen molar-refractivity contribution in [2.75, 3.05) is 17.2 Å². The average Bonchev–Trinajstić information content (AvgIpc) is 3.04. The Kier molecular flexibility index (Phi) is 1.96. The number of aromatic nitrogens is 7. The summed E-state index contributed by atoms with van der Waals surface area (Å²) in [7, 11) is 0. The minimum atomic E-state index is 0.224. The lowest BCUT2D eigenvalue weighted by molar-refractivity contribution is 0.557. The number of imidazole rings is 1. The molecule has 96 valence electrons. The van der Waals surface area contributed by atoms with Crippen LogP contribution in [0.4, 0.5) is 11.8 Å². The van der Waals surface area contributed by atoms with Crippen LogP contribution in [-0.2, 0) is 13.1 Å². The second kappa shape index (κ2) is 3.64. The highest BCUT2D eigenvalue weighted by Gasteiger charge is 2.22. The number of nitrogens with two attached hydrogens (primary N) is 1. The molecule has 0 fully saturated rings. The second-order valence-electron chi connectivity index (χ2n) is 4.37. The van der Waals surface area contributed by atoms with Crippen LogP contribution in [0.25, 0.3) is 11.2 Å². The molecule has 4 heterocycles. The van der Waals surface area contributed by atoms with Gasteiger partial charge in [0.05, 0.1) is 12.9 Å². The SMILES string of the molecule is Nc1nc(N2CCn3cnnc3C2)c2[nH]cnc2n1. The van der Waals surface area contributed by atoms with E-state index in [0.29, 0.717) is 12.2 Å². The Morgan fingerprint density at radius 2 is 2.21 bits per heavy atom. The molecule has 9 nitrogen and oxygen atoms in total. The molecule has 4 rings (SSSR count). The monoisotopic (exact) mass is 257 g/mol. The Hall–Kier alpha value is -2.71. The van der Waals surface area contributed by atoms with Gasteiger partial charge in [-0.1, -0.05) is 0 Å². The third kappa shape index (κ3) is 1.51. The van der Waals surface area contributed by atoms with Crippen LogP contribution in [0.15, 0.2) is 12.7 Å². The zero-order valence-electron chi connectivity index (χ0n) is 9.98. The molecule has 3 aromatic rings. The van der Waals surface area contributed by atoms with Gasteiger partial charge in [-0.25, -0.2) is 4.98 Å². The van der Waals surface area contributed by atoms with E-state index in [9.17, 15) is 0 Å². The fraction of sp³-hybridized carbons (Fsp3) is 0.300. The number of H-pyrrole nitrogens is 1. The lowest BCUT2D eigenvalue weighted by atomic mass is 10.3. The van der Waals surface area contributed by atoms with Crippen molar-refractivity contribution in [3.05, 3.63) is 18.5 Å². The van der Waals surface area contributed by atoms with E-state index in [2.05, 4.69) is 35.0 Å². The number of hydrogen-bond acceptors (Lipinski definition) is 7. The summed E-state index contributed by atoms with van der Waals surface area (Å²) in [6.45, 7) is 2.28. The van der Waals surface area contributed by atoms with E-state index >= 15 is 0 Å². The summed E-state index contributed by atoms with van der Waals surface area (Å²) in [5, 5.41) is 8.00. The minimum absolute atomic E-state index is 0.224. The highest BCUT2D eigenvalue weighted by atomic mass is 15.3. The third-order valence-corrected chi connectivity index (χ3v) is 3.22. The van der Waals surface area contributed by atoms with Crippen LogP contribution in [0.3, 0.4) is 0 Å². The van der Waals surface area contributed by atoms with Crippen LogP contribution in [0.1, 0.15) is 5.82 Å². The molecule has 0 saturated carbocycles. The minimum Gasteiger partial charge on any atom is -0.368 e. The van der Waals surface area contributed by atoms with Crippen LogP contribution in [0.2, 0.25) is 0 Å². The normalized spacial score (nSPS) is 14.8. The Labute approximate surface area is 107 Å². The summed E-state index contributed by atoms with van der Waals surface area (Å²) in [4.78, 5) is 17.7. The number of nitrogen functional groups attached to an aromatic ring is 1. The number of anilines is 2. The van der Waals surface area contributed by atoms with Crippen molar-refractivity contribution in [2.24, 2.45) is 0 Å². The number of hydrogen-bond donors (Lipinski definition) is 2. The van der Waals surface area contributed by atoms with E-state index in [1.54, 1.807) is 12.7 Å². The predicted molar refractivity (Wildman–Crippen MR) is 67.2 cm³/mol. The fourth-order valence-corrected chi connectivity index (χ4v) is 2.31. The van der Waals surface area contributed by atoms with Crippen molar-refractivity contribution in [3.63, 3.8) is 0 Å². The third-order valence-electron chi connectivity index (χ3n) is 3.22. The van der Waals surface area contributed by atoms with Crippen LogP contribution in [0, 0.1) is 0 Å². The first kappa shape index (κ1) is 10.2. The number of nitrogens with one attached hydrogen (secondary N) is 1. The first-order valence-electron chi connectivity index (χ1n) is 5.89. The second-order valence-corrected chi connectivity index (χ2v) is 4.37. The van der Waals surface area contributed by atoms with E-state index in [1.807, 2.05) is 4.57 Å². The molecule has 3 N–H and O–H groups in total. The molecule has 1 aliphatic heterocycles. The maximum Gasteiger partial charge on any atom is 0.224 e. The molecule has 0 bridgehead atoms. The van der Waals surface area contributed by atoms with Crippen LogP contribution in [-0.4, -0.2) is 41.2 Å². The standard InChI is InChI=1S/C10H11N9/c11-10-15-8-7(12-4-13-8)9(16-10)18-1-2-19-5-14-17-6(19)3-18/h4-5H,1-3H2,(H3,11,12,13,15,16). The van der Waals surface area contributed by atoms with Crippen molar-refractivity contribution in [1.82, 2.24) is 34.7 Å². The Morgan fingerprint density at radius 3 is 3.16 bits per heavy atom. The molecule has 0 amide bonds. The number of nitrogens with zero attached hydrogens (tertiary/aromatic N) is 7. The first-order valence-corrected chi connectivity index (χ1v) is 5.89. The smallest absolute Gasteiger partial charge is 0.224 e. The van der Waals surface area contributed by atoms with E-state index < -0.39 is 0 Å². The van der Waals surface area contributed by atoms with Gasteiger partial charge in [-0.3, -0.25) is 0 Å². The van der Waals surface area contributed by atoms with Crippen LogP contribution < -0.4 is 10.6 Å². The van der Waals surface area contributed by atoms with Gasteiger partial charge in [-0.05, 0) is 0 Å². The largest absolute Gasteiger partial charge is 0.368 e. The molecule has 0 spiro atoms. The molecule has 9 heteroatoms. The van der Waals surface area contributed by atoms with Crippen molar-refractivity contribution in [3.8, 4) is 0 Å². The molecule has 0 unspecified atom stereocenters. The van der Waals surface area contributed by atoms with E-state index in [-0.39, 0.29) is 5.95 Å². The molecule has 0 aromatic carbocycles. The summed E-state index contributed by atoms with van der Waals surface area (Å²) in [6.07, 6.45) is 3.33. The number of aromatic amines is 1. The zero-order chi connectivity index (χ0) is 12.8. The van der Waals surface area contributed by atoms with Crippen molar-refractivity contribution in [2.45, 2.75) is 13.1 Å². The van der Waals surface area contributed by atoms with Crippen molar-refractivity contribution < 1.29 is 0 Å². The summed E-state index contributed by atoms with van der Waals surface area (Å²) < 4.78 is 2.03. The summed E-state index contributed by atoms with van der Waals surface area (Å²) >= 11 is 0. The molecule has 0 aliphatic carbocycles. The Bertz CT molecular complexity index is 742. The van der Waals surface area contributed by atoms with Gasteiger partial charge >= 0.3 is 0 Å². The number of fused-ring (bicyclic) bond motifs is 2. The van der Waals surface area contributed by atoms with Gasteiger partial charge in [-0.15, -0.1) is 10.2 Å². The average molecular weight is 257 g/mol. The molecule has 3 aromatic heterocycles. The zero-order valence-corrected chi connectivity index (χ0v) is 9.98. The highest BCUT2D eigenvalue weighted by molar-refractivity contribution is 5.84. The number of rotatable bonds is 1. The van der Waals surface area contributed by atoms with Crippen LogP contribution >= 0.6 is 0 Å². The highest BCUT2D eigenvalue weighted by Crippen LogP contribution is 2.24. The van der Waals surface area contributed by atoms with Gasteiger partial charge in [0, 0.05) is 13.1 Å². The van der Waals surface area contributed by atoms with Crippen LogP contribution in [0.5, 0.6) is 0 Å². The first-order chi connectivity index (χ1) is 9.31. The molecule has 0 atom stereocenters. The van der Waals surface area contributed by atoms with Gasteiger partial charge in [-0.2, -0.15) is 9.97 Å². The van der Waals surface area contributed by atoms with Gasteiger partial charge in [0.15, 0.2) is 17.3 Å².